The van der Waals surface area contributed by atoms with Gasteiger partial charge in [-0.2, -0.15) is 13.2 Å². The maximum atomic E-state index is 14.2. The smallest absolute Gasteiger partial charge is 0.359 e. The van der Waals surface area contributed by atoms with Gasteiger partial charge in [-0.3, -0.25) is 4.79 Å². The Hall–Kier alpha value is -2.92. The Morgan fingerprint density at radius 2 is 1.93 bits per heavy atom. The maximum Gasteiger partial charge on any atom is 0.435 e. The molecule has 1 amide bonds. The molecule has 2 saturated heterocycles. The Morgan fingerprint density at radius 3 is 2.61 bits per heavy atom. The highest BCUT2D eigenvalue weighted by atomic mass is 35.5. The van der Waals surface area contributed by atoms with Crippen LogP contribution < -0.4 is 5.32 Å². The van der Waals surface area contributed by atoms with Crippen molar-refractivity contribution in [2.75, 3.05) is 27.1 Å². The molecule has 4 unspecified atom stereocenters. The summed E-state index contributed by atoms with van der Waals surface area (Å²) >= 11 is 6.14. The van der Waals surface area contributed by atoms with Gasteiger partial charge in [0, 0.05) is 39.4 Å². The third kappa shape index (κ3) is 7.78. The second kappa shape index (κ2) is 14.1. The van der Waals surface area contributed by atoms with Crippen LogP contribution in [0.2, 0.25) is 30.7 Å². The van der Waals surface area contributed by atoms with E-state index in [4.69, 9.17) is 35.3 Å². The molecule has 1 N–H and O–H groups in total. The SMILES string of the molecule is COCOC1C(C)[C@H]2OC(c3ccccc3)OCC2O[C@H]1c1nc(C(=O)NCC[Si](C)(C)C)nn1-c1cc(Cl)cnc1C(F)(F)F. The topological polar surface area (TPSA) is 119 Å². The Morgan fingerprint density at radius 1 is 1.20 bits per heavy atom. The van der Waals surface area contributed by atoms with Gasteiger partial charge in [0.25, 0.3) is 5.91 Å². The molecule has 46 heavy (non-hydrogen) atoms. The first-order valence-corrected chi connectivity index (χ1v) is 18.9. The molecule has 1 aromatic carbocycles. The molecule has 5 rings (SSSR count). The van der Waals surface area contributed by atoms with E-state index >= 15 is 0 Å². The average molecular weight is 684 g/mol. The van der Waals surface area contributed by atoms with Crippen molar-refractivity contribution in [1.82, 2.24) is 25.1 Å². The van der Waals surface area contributed by atoms with Gasteiger partial charge in [0.15, 0.2) is 17.8 Å². The summed E-state index contributed by atoms with van der Waals surface area (Å²) in [7, 11) is -0.0531. The zero-order chi connectivity index (χ0) is 33.2. The average Bonchev–Trinajstić information content (AvgIpc) is 3.45. The zero-order valence-electron chi connectivity index (χ0n) is 26.1. The van der Waals surface area contributed by atoms with Crippen LogP contribution in [-0.2, 0) is 29.9 Å². The fourth-order valence-electron chi connectivity index (χ4n) is 5.45. The molecule has 250 valence electrons. The number of methoxy groups -OCH3 is 1. The first-order chi connectivity index (χ1) is 21.8. The number of hydrogen-bond donors (Lipinski definition) is 1. The van der Waals surface area contributed by atoms with Crippen molar-refractivity contribution >= 4 is 25.6 Å². The summed E-state index contributed by atoms with van der Waals surface area (Å²) < 4.78 is 73.7. The minimum absolute atomic E-state index is 0.0724. The van der Waals surface area contributed by atoms with E-state index in [1.54, 1.807) is 0 Å². The second-order valence-corrected chi connectivity index (χ2v) is 18.5. The van der Waals surface area contributed by atoms with Crippen molar-refractivity contribution in [3.63, 3.8) is 0 Å². The number of benzene rings is 1. The molecular formula is C30H37ClF3N5O6Si. The molecule has 0 saturated carbocycles. The van der Waals surface area contributed by atoms with E-state index in [0.717, 1.165) is 28.6 Å². The summed E-state index contributed by atoms with van der Waals surface area (Å²) in [6.45, 7) is 8.68. The largest absolute Gasteiger partial charge is 0.435 e. The van der Waals surface area contributed by atoms with Crippen LogP contribution in [0.4, 0.5) is 13.2 Å². The highest BCUT2D eigenvalue weighted by Crippen LogP contribution is 2.44. The fourth-order valence-corrected chi connectivity index (χ4v) is 6.48. The summed E-state index contributed by atoms with van der Waals surface area (Å²) in [5.41, 5.74) is -0.963. The van der Waals surface area contributed by atoms with E-state index in [1.165, 1.54) is 7.11 Å². The minimum atomic E-state index is -4.88. The molecule has 0 radical (unpaired) electrons. The van der Waals surface area contributed by atoms with Crippen LogP contribution >= 0.6 is 11.6 Å². The van der Waals surface area contributed by atoms with Crippen molar-refractivity contribution in [3.05, 3.63) is 70.5 Å². The fraction of sp³-hybridized carbons (Fsp3) is 0.533. The molecule has 2 aliphatic heterocycles. The number of nitrogens with one attached hydrogen (secondary N) is 1. The molecule has 2 fully saturated rings. The van der Waals surface area contributed by atoms with E-state index in [9.17, 15) is 18.0 Å². The normalized spacial score (nSPS) is 25.2. The zero-order valence-corrected chi connectivity index (χ0v) is 27.8. The number of halogens is 4. The van der Waals surface area contributed by atoms with Crippen molar-refractivity contribution in [3.8, 4) is 5.69 Å². The van der Waals surface area contributed by atoms with Crippen LogP contribution in [0.3, 0.4) is 0 Å². The molecule has 0 aliphatic carbocycles. The third-order valence-electron chi connectivity index (χ3n) is 7.75. The van der Waals surface area contributed by atoms with Crippen LogP contribution in [0.25, 0.3) is 5.69 Å². The molecule has 2 aromatic heterocycles. The van der Waals surface area contributed by atoms with Gasteiger partial charge in [-0.05, 0) is 12.1 Å². The Bertz CT molecular complexity index is 1510. The number of amides is 1. The number of nitrogens with zero attached hydrogens (tertiary/aromatic N) is 4. The lowest BCUT2D eigenvalue weighted by molar-refractivity contribution is -0.327. The Balaban J connectivity index is 1.55. The van der Waals surface area contributed by atoms with E-state index < -0.39 is 68.2 Å². The Labute approximate surface area is 270 Å². The van der Waals surface area contributed by atoms with Gasteiger partial charge in [-0.15, -0.1) is 5.10 Å². The summed E-state index contributed by atoms with van der Waals surface area (Å²) in [4.78, 5) is 21.3. The minimum Gasteiger partial charge on any atom is -0.359 e. The number of ether oxygens (including phenoxy) is 5. The van der Waals surface area contributed by atoms with Crippen LogP contribution in [-0.4, -0.2) is 79.1 Å². The van der Waals surface area contributed by atoms with E-state index in [1.807, 2.05) is 37.3 Å². The molecular weight excluding hydrogens is 647 g/mol. The number of aromatic nitrogens is 4. The van der Waals surface area contributed by atoms with Crippen molar-refractivity contribution < 1.29 is 41.7 Å². The standard InChI is InChI=1S/C30H37ClF3N5O6Si/c1-17-22-21(15-42-29(45-22)18-9-7-6-8-10-18)44-24(23(17)43-16-41-2)27-37-26(28(40)35-11-12-46(3,4)5)38-39(27)20-13-19(31)14-36-25(20)30(32,33)34/h6-10,13-14,17,21-24,29H,11-12,15-16H2,1-5H3,(H,35,40)/t17?,21?,22-,23?,24-,29?/m1/s1. The Kier molecular flexibility index (Phi) is 10.5. The molecule has 0 bridgehead atoms. The summed E-state index contributed by atoms with van der Waals surface area (Å²) in [6.07, 6.45) is -7.78. The molecule has 6 atom stereocenters. The maximum absolute atomic E-state index is 14.2. The van der Waals surface area contributed by atoms with Gasteiger partial charge in [0.2, 0.25) is 5.82 Å². The number of fused-ring (bicyclic) bond motifs is 1. The number of carbonyl (C=O) groups excluding carboxylic acids is 1. The lowest BCUT2D eigenvalue weighted by Gasteiger charge is -2.48. The number of hydrogen-bond acceptors (Lipinski definition) is 9. The summed E-state index contributed by atoms with van der Waals surface area (Å²) in [6, 6.07) is 11.3. The van der Waals surface area contributed by atoms with Crippen LogP contribution in [0.15, 0.2) is 42.6 Å². The quantitative estimate of drug-likeness (QED) is 0.216. The lowest BCUT2D eigenvalue weighted by Crippen LogP contribution is -2.56. The van der Waals surface area contributed by atoms with E-state index in [0.29, 0.717) is 6.54 Å². The first-order valence-electron chi connectivity index (χ1n) is 14.8. The highest BCUT2D eigenvalue weighted by molar-refractivity contribution is 6.76. The van der Waals surface area contributed by atoms with Crippen molar-refractivity contribution in [2.45, 2.75) is 69.5 Å². The van der Waals surface area contributed by atoms with Gasteiger partial charge in [0.05, 0.1) is 29.5 Å². The van der Waals surface area contributed by atoms with Crippen molar-refractivity contribution in [2.24, 2.45) is 5.92 Å². The predicted octanol–water partition coefficient (Wildman–Crippen LogP) is 5.58. The van der Waals surface area contributed by atoms with Gasteiger partial charge in [0.1, 0.15) is 19.0 Å². The third-order valence-corrected chi connectivity index (χ3v) is 9.70. The number of rotatable bonds is 10. The van der Waals surface area contributed by atoms with Gasteiger partial charge in [-0.1, -0.05) is 68.5 Å². The molecule has 2 aliphatic rings. The van der Waals surface area contributed by atoms with Crippen LogP contribution in [0.1, 0.15) is 47.0 Å². The summed E-state index contributed by atoms with van der Waals surface area (Å²) in [5, 5.41) is 6.97. The van der Waals surface area contributed by atoms with Crippen LogP contribution in [0.5, 0.6) is 0 Å². The molecule has 0 spiro atoms. The predicted molar refractivity (Wildman–Crippen MR) is 163 cm³/mol. The molecule has 11 nitrogen and oxygen atoms in total. The number of pyridine rings is 1. The van der Waals surface area contributed by atoms with Crippen LogP contribution in [0, 0.1) is 5.92 Å². The summed E-state index contributed by atoms with van der Waals surface area (Å²) in [5.74, 6) is -1.50. The van der Waals surface area contributed by atoms with Crippen molar-refractivity contribution in [1.29, 1.82) is 0 Å². The first kappa shape index (κ1) is 34.4. The van der Waals surface area contributed by atoms with Gasteiger partial charge in [-0.25, -0.2) is 14.6 Å². The monoisotopic (exact) mass is 683 g/mol. The lowest BCUT2D eigenvalue weighted by atomic mass is 9.86. The molecule has 3 aromatic rings. The second-order valence-electron chi connectivity index (χ2n) is 12.5. The molecule has 4 heterocycles. The number of alkyl halides is 3. The van der Waals surface area contributed by atoms with Gasteiger partial charge >= 0.3 is 6.18 Å². The highest BCUT2D eigenvalue weighted by Gasteiger charge is 2.51. The van der Waals surface area contributed by atoms with Gasteiger partial charge < -0.3 is 29.0 Å². The molecule has 16 heteroatoms. The van der Waals surface area contributed by atoms with E-state index in [2.05, 4.69) is 40.0 Å². The van der Waals surface area contributed by atoms with E-state index in [-0.39, 0.29) is 30.1 Å². The number of carbonyl (C=O) groups is 1.